The number of benzene rings is 2. The Morgan fingerprint density at radius 2 is 1.85 bits per heavy atom. The summed E-state index contributed by atoms with van der Waals surface area (Å²) in [6.45, 7) is -0.00266. The third kappa shape index (κ3) is 4.97. The van der Waals surface area contributed by atoms with Crippen molar-refractivity contribution < 1.29 is 27.1 Å². The van der Waals surface area contributed by atoms with Crippen LogP contribution in [-0.4, -0.2) is 11.0 Å². The van der Waals surface area contributed by atoms with Crippen molar-refractivity contribution in [2.24, 2.45) is 0 Å². The van der Waals surface area contributed by atoms with Gasteiger partial charge < -0.3 is 9.15 Å². The van der Waals surface area contributed by atoms with E-state index in [1.807, 2.05) is 0 Å². The van der Waals surface area contributed by atoms with Crippen molar-refractivity contribution >= 4 is 21.9 Å². The molecule has 0 saturated carbocycles. The number of oxazole rings is 1. The Morgan fingerprint density at radius 3 is 2.59 bits per heavy atom. The molecule has 0 radical (unpaired) electrons. The smallest absolute Gasteiger partial charge is 0.306 e. The summed E-state index contributed by atoms with van der Waals surface area (Å²) >= 11 is 3.20. The van der Waals surface area contributed by atoms with Gasteiger partial charge in [-0.05, 0) is 24.3 Å². The van der Waals surface area contributed by atoms with Crippen LogP contribution >= 0.6 is 15.9 Å². The van der Waals surface area contributed by atoms with E-state index in [9.17, 15) is 18.0 Å². The van der Waals surface area contributed by atoms with Gasteiger partial charge in [-0.3, -0.25) is 4.79 Å². The predicted molar refractivity (Wildman–Crippen MR) is 94.1 cm³/mol. The first-order valence-electron chi connectivity index (χ1n) is 7.92. The molecule has 0 bridgehead atoms. The molecule has 2 aromatic carbocycles. The number of halogens is 4. The Balaban J connectivity index is 1.54. The lowest BCUT2D eigenvalue weighted by Crippen LogP contribution is -2.06. The van der Waals surface area contributed by atoms with Crippen molar-refractivity contribution in [3.05, 3.63) is 76.0 Å². The average molecular weight is 440 g/mol. The number of aromatic nitrogens is 1. The fourth-order valence-corrected chi connectivity index (χ4v) is 2.78. The van der Waals surface area contributed by atoms with Crippen LogP contribution in [0.1, 0.15) is 17.9 Å². The third-order valence-corrected chi connectivity index (χ3v) is 4.44. The molecule has 0 saturated heterocycles. The Kier molecular flexibility index (Phi) is 5.95. The van der Waals surface area contributed by atoms with Crippen molar-refractivity contribution in [1.82, 2.24) is 4.98 Å². The largest absolute Gasteiger partial charge is 0.461 e. The summed E-state index contributed by atoms with van der Waals surface area (Å²) in [5, 5.41) is 0. The highest BCUT2D eigenvalue weighted by Crippen LogP contribution is 2.24. The van der Waals surface area contributed by atoms with Crippen LogP contribution in [0.2, 0.25) is 0 Å². The highest BCUT2D eigenvalue weighted by molar-refractivity contribution is 9.10. The molecule has 1 heterocycles. The lowest BCUT2D eigenvalue weighted by Gasteiger charge is -2.06. The van der Waals surface area contributed by atoms with E-state index in [4.69, 9.17) is 9.15 Å². The minimum Gasteiger partial charge on any atom is -0.461 e. The van der Waals surface area contributed by atoms with E-state index in [-0.39, 0.29) is 36.7 Å². The zero-order chi connectivity index (χ0) is 19.4. The van der Waals surface area contributed by atoms with E-state index in [1.54, 1.807) is 0 Å². The molecule has 0 amide bonds. The second-order valence-electron chi connectivity index (χ2n) is 5.64. The van der Waals surface area contributed by atoms with Gasteiger partial charge in [0.1, 0.15) is 24.1 Å². The number of hydrogen-bond acceptors (Lipinski definition) is 4. The molecule has 0 unspecified atom stereocenters. The van der Waals surface area contributed by atoms with Crippen molar-refractivity contribution in [3.8, 4) is 11.3 Å². The SMILES string of the molecule is O=C(CCc1ncc(-c2ccc(F)cc2F)o1)OCc1ccc(F)cc1Br. The Hall–Kier alpha value is -2.61. The summed E-state index contributed by atoms with van der Waals surface area (Å²) in [5.41, 5.74) is 0.717. The number of ether oxygens (including phenoxy) is 1. The first-order chi connectivity index (χ1) is 12.9. The Labute approximate surface area is 161 Å². The van der Waals surface area contributed by atoms with Gasteiger partial charge in [0.2, 0.25) is 0 Å². The molecule has 0 atom stereocenters. The fraction of sp³-hybridized carbons (Fsp3) is 0.158. The molecule has 0 aliphatic carbocycles. The van der Waals surface area contributed by atoms with Gasteiger partial charge in [0.15, 0.2) is 11.7 Å². The van der Waals surface area contributed by atoms with Crippen molar-refractivity contribution in [3.63, 3.8) is 0 Å². The van der Waals surface area contributed by atoms with E-state index in [2.05, 4.69) is 20.9 Å². The second-order valence-corrected chi connectivity index (χ2v) is 6.49. The van der Waals surface area contributed by atoms with Gasteiger partial charge in [0.05, 0.1) is 18.2 Å². The molecule has 4 nitrogen and oxygen atoms in total. The maximum Gasteiger partial charge on any atom is 0.306 e. The van der Waals surface area contributed by atoms with Crippen LogP contribution in [0.4, 0.5) is 13.2 Å². The molecule has 140 valence electrons. The molecule has 0 N–H and O–H groups in total. The van der Waals surface area contributed by atoms with E-state index in [0.717, 1.165) is 12.1 Å². The van der Waals surface area contributed by atoms with Crippen LogP contribution in [-0.2, 0) is 22.6 Å². The number of nitrogens with zero attached hydrogens (tertiary/aromatic N) is 1. The van der Waals surface area contributed by atoms with Gasteiger partial charge in [-0.25, -0.2) is 18.2 Å². The van der Waals surface area contributed by atoms with Gasteiger partial charge in [-0.15, -0.1) is 0 Å². The number of carbonyl (C=O) groups is 1. The lowest BCUT2D eigenvalue weighted by molar-refractivity contribution is -0.145. The minimum absolute atomic E-state index is 0.00266. The van der Waals surface area contributed by atoms with Gasteiger partial charge >= 0.3 is 5.97 Å². The zero-order valence-corrected chi connectivity index (χ0v) is 15.4. The molecule has 0 aliphatic heterocycles. The molecule has 0 fully saturated rings. The molecule has 3 aromatic rings. The Morgan fingerprint density at radius 1 is 1.11 bits per heavy atom. The summed E-state index contributed by atoms with van der Waals surface area (Å²) in [4.78, 5) is 15.8. The number of carbonyl (C=O) groups excluding carboxylic acids is 1. The maximum atomic E-state index is 13.7. The monoisotopic (exact) mass is 439 g/mol. The molecule has 0 spiro atoms. The van der Waals surface area contributed by atoms with Crippen LogP contribution in [0.5, 0.6) is 0 Å². The maximum absolute atomic E-state index is 13.7. The van der Waals surface area contributed by atoms with Crippen LogP contribution in [0, 0.1) is 17.5 Å². The van der Waals surface area contributed by atoms with Gasteiger partial charge in [-0.2, -0.15) is 0 Å². The molecule has 1 aromatic heterocycles. The quantitative estimate of drug-likeness (QED) is 0.495. The van der Waals surface area contributed by atoms with E-state index >= 15 is 0 Å². The number of aryl methyl sites for hydroxylation is 1. The summed E-state index contributed by atoms with van der Waals surface area (Å²) < 4.78 is 50.8. The van der Waals surface area contributed by atoms with Crippen molar-refractivity contribution in [1.29, 1.82) is 0 Å². The standard InChI is InChI=1S/C19H13BrF3NO3/c20-15-7-12(21)2-1-11(15)10-26-19(25)6-5-18-24-9-17(27-18)14-4-3-13(22)8-16(14)23/h1-4,7-9H,5-6,10H2. The van der Waals surface area contributed by atoms with Crippen LogP contribution in [0.15, 0.2) is 51.5 Å². The minimum atomic E-state index is -0.762. The highest BCUT2D eigenvalue weighted by Gasteiger charge is 2.14. The van der Waals surface area contributed by atoms with Gasteiger partial charge in [-0.1, -0.05) is 22.0 Å². The number of esters is 1. The second kappa shape index (κ2) is 8.39. The molecule has 0 aliphatic rings. The summed E-state index contributed by atoms with van der Waals surface area (Å²) in [6, 6.07) is 7.20. The Bertz CT molecular complexity index is 975. The topological polar surface area (TPSA) is 52.3 Å². The molecular formula is C19H13BrF3NO3. The van der Waals surface area contributed by atoms with Crippen LogP contribution in [0.3, 0.4) is 0 Å². The molecular weight excluding hydrogens is 427 g/mol. The van der Waals surface area contributed by atoms with Crippen molar-refractivity contribution in [2.45, 2.75) is 19.4 Å². The van der Waals surface area contributed by atoms with E-state index in [0.29, 0.717) is 10.0 Å². The highest BCUT2D eigenvalue weighted by atomic mass is 79.9. The molecule has 8 heteroatoms. The summed E-state index contributed by atoms with van der Waals surface area (Å²) in [7, 11) is 0. The van der Waals surface area contributed by atoms with Crippen LogP contribution in [0.25, 0.3) is 11.3 Å². The summed E-state index contributed by atoms with van der Waals surface area (Å²) in [5.74, 6) is -1.96. The molecule has 3 rings (SSSR count). The van der Waals surface area contributed by atoms with E-state index < -0.39 is 23.4 Å². The molecule has 27 heavy (non-hydrogen) atoms. The normalized spacial score (nSPS) is 10.8. The third-order valence-electron chi connectivity index (χ3n) is 3.70. The zero-order valence-electron chi connectivity index (χ0n) is 13.8. The number of hydrogen-bond donors (Lipinski definition) is 0. The average Bonchev–Trinajstić information content (AvgIpc) is 3.08. The fourth-order valence-electron chi connectivity index (χ4n) is 2.32. The summed E-state index contributed by atoms with van der Waals surface area (Å²) in [6.07, 6.45) is 1.48. The van der Waals surface area contributed by atoms with E-state index in [1.165, 1.54) is 30.5 Å². The first-order valence-corrected chi connectivity index (χ1v) is 8.71. The van der Waals surface area contributed by atoms with Gasteiger partial charge in [0, 0.05) is 22.5 Å². The van der Waals surface area contributed by atoms with Crippen LogP contribution < -0.4 is 0 Å². The number of rotatable bonds is 6. The lowest BCUT2D eigenvalue weighted by atomic mass is 10.2. The van der Waals surface area contributed by atoms with Gasteiger partial charge in [0.25, 0.3) is 0 Å². The van der Waals surface area contributed by atoms with Crippen molar-refractivity contribution in [2.75, 3.05) is 0 Å². The first kappa shape index (κ1) is 19.2. The predicted octanol–water partition coefficient (Wildman–Crippen LogP) is 5.20.